The van der Waals surface area contributed by atoms with Gasteiger partial charge in [-0.1, -0.05) is 6.07 Å². The molecule has 1 aromatic rings. The Kier molecular flexibility index (Phi) is 3.92. The molecule has 3 rings (SSSR count). The highest BCUT2D eigenvalue weighted by atomic mass is 32.2. The Morgan fingerprint density at radius 1 is 1.37 bits per heavy atom. The van der Waals surface area contributed by atoms with E-state index in [1.54, 1.807) is 0 Å². The molecule has 0 unspecified atom stereocenters. The molecule has 0 radical (unpaired) electrons. The minimum Gasteiger partial charge on any atom is -0.355 e. The number of nitrogens with one attached hydrogen (secondary N) is 1. The third-order valence-electron chi connectivity index (χ3n) is 3.51. The minimum absolute atomic E-state index is 0.0985. The average molecular weight is 277 g/mol. The highest BCUT2D eigenvalue weighted by molar-refractivity contribution is 7.99. The van der Waals surface area contributed by atoms with Crippen molar-refractivity contribution in [3.63, 3.8) is 0 Å². The summed E-state index contributed by atoms with van der Waals surface area (Å²) in [6.07, 6.45) is 3.05. The maximum absolute atomic E-state index is 11.8. The summed E-state index contributed by atoms with van der Waals surface area (Å²) in [6.45, 7) is 2.08. The van der Waals surface area contributed by atoms with Gasteiger partial charge in [0.15, 0.2) is 0 Å². The predicted molar refractivity (Wildman–Crippen MR) is 79.7 cm³/mol. The van der Waals surface area contributed by atoms with Gasteiger partial charge in [-0.25, -0.2) is 4.98 Å². The molecule has 0 atom stereocenters. The Labute approximate surface area is 118 Å². The first-order valence-electron chi connectivity index (χ1n) is 6.91. The van der Waals surface area contributed by atoms with Crippen molar-refractivity contribution in [2.75, 3.05) is 34.8 Å². The standard InChI is InChI=1S/C14H19N3OS/c18-14(10-11-4-5-11)16-12-2-1-3-13(15-12)17-6-8-19-9-7-17/h1-3,11H,4-10H2,(H,15,16,18). The van der Waals surface area contributed by atoms with Gasteiger partial charge >= 0.3 is 0 Å². The van der Waals surface area contributed by atoms with Gasteiger partial charge in [-0.2, -0.15) is 11.8 Å². The first-order chi connectivity index (χ1) is 9.31. The van der Waals surface area contributed by atoms with Gasteiger partial charge in [0, 0.05) is 31.0 Å². The fraction of sp³-hybridized carbons (Fsp3) is 0.571. The number of hydrogen-bond donors (Lipinski definition) is 1. The Morgan fingerprint density at radius 2 is 2.16 bits per heavy atom. The van der Waals surface area contributed by atoms with Crippen molar-refractivity contribution in [3.05, 3.63) is 18.2 Å². The molecule has 5 heteroatoms. The number of hydrogen-bond acceptors (Lipinski definition) is 4. The van der Waals surface area contributed by atoms with Crippen LogP contribution in [-0.2, 0) is 4.79 Å². The number of amides is 1. The lowest BCUT2D eigenvalue weighted by Gasteiger charge is -2.27. The molecule has 0 aromatic carbocycles. The Bertz CT molecular complexity index is 456. The summed E-state index contributed by atoms with van der Waals surface area (Å²) < 4.78 is 0. The topological polar surface area (TPSA) is 45.2 Å². The zero-order chi connectivity index (χ0) is 13.1. The average Bonchev–Trinajstić information content (AvgIpc) is 3.24. The zero-order valence-corrected chi connectivity index (χ0v) is 11.8. The monoisotopic (exact) mass is 277 g/mol. The van der Waals surface area contributed by atoms with E-state index in [0.717, 1.165) is 30.4 Å². The maximum Gasteiger partial charge on any atom is 0.225 e. The third kappa shape index (κ3) is 3.62. The van der Waals surface area contributed by atoms with Gasteiger partial charge < -0.3 is 10.2 Å². The van der Waals surface area contributed by atoms with E-state index >= 15 is 0 Å². The molecule has 0 spiro atoms. The summed E-state index contributed by atoms with van der Waals surface area (Å²) in [5.41, 5.74) is 0. The zero-order valence-electron chi connectivity index (χ0n) is 11.0. The van der Waals surface area contributed by atoms with Crippen molar-refractivity contribution >= 4 is 29.3 Å². The molecule has 102 valence electrons. The number of aromatic nitrogens is 1. The summed E-state index contributed by atoms with van der Waals surface area (Å²) in [6, 6.07) is 5.86. The lowest BCUT2D eigenvalue weighted by molar-refractivity contribution is -0.116. The first-order valence-corrected chi connectivity index (χ1v) is 8.06. The second-order valence-corrected chi connectivity index (χ2v) is 6.40. The number of carbonyl (C=O) groups is 1. The van der Waals surface area contributed by atoms with Crippen molar-refractivity contribution in [1.29, 1.82) is 0 Å². The molecular weight excluding hydrogens is 258 g/mol. The summed E-state index contributed by atoms with van der Waals surface area (Å²) >= 11 is 1.98. The van der Waals surface area contributed by atoms with Gasteiger partial charge in [0.25, 0.3) is 0 Å². The number of carbonyl (C=O) groups excluding carboxylic acids is 1. The van der Waals surface area contributed by atoms with Crippen molar-refractivity contribution in [2.45, 2.75) is 19.3 Å². The number of pyridine rings is 1. The Balaban J connectivity index is 1.62. The Hall–Kier alpha value is -1.23. The van der Waals surface area contributed by atoms with Crippen LogP contribution in [0.4, 0.5) is 11.6 Å². The summed E-state index contributed by atoms with van der Waals surface area (Å²) in [5, 5.41) is 2.91. The van der Waals surface area contributed by atoms with Gasteiger partial charge in [-0.05, 0) is 30.9 Å². The van der Waals surface area contributed by atoms with Crippen molar-refractivity contribution < 1.29 is 4.79 Å². The van der Waals surface area contributed by atoms with Gasteiger partial charge in [0.1, 0.15) is 11.6 Å². The molecule has 2 aliphatic rings. The van der Waals surface area contributed by atoms with Crippen LogP contribution in [0.5, 0.6) is 0 Å². The molecular formula is C14H19N3OS. The second kappa shape index (κ2) is 5.82. The largest absolute Gasteiger partial charge is 0.355 e. The lowest BCUT2D eigenvalue weighted by atomic mass is 10.3. The van der Waals surface area contributed by atoms with E-state index in [0.29, 0.717) is 18.2 Å². The normalized spacial score (nSPS) is 19.3. The highest BCUT2D eigenvalue weighted by Crippen LogP contribution is 2.32. The molecule has 1 saturated heterocycles. The van der Waals surface area contributed by atoms with E-state index in [1.807, 2.05) is 30.0 Å². The van der Waals surface area contributed by atoms with Crippen molar-refractivity contribution in [1.82, 2.24) is 4.98 Å². The van der Waals surface area contributed by atoms with E-state index in [9.17, 15) is 4.79 Å². The van der Waals surface area contributed by atoms with Crippen LogP contribution < -0.4 is 10.2 Å². The highest BCUT2D eigenvalue weighted by Gasteiger charge is 2.24. The molecule has 1 aliphatic carbocycles. The minimum atomic E-state index is 0.0985. The molecule has 19 heavy (non-hydrogen) atoms. The first kappa shape index (κ1) is 12.8. The van der Waals surface area contributed by atoms with Crippen LogP contribution in [-0.4, -0.2) is 35.5 Å². The maximum atomic E-state index is 11.8. The smallest absolute Gasteiger partial charge is 0.225 e. The molecule has 4 nitrogen and oxygen atoms in total. The van der Waals surface area contributed by atoms with E-state index in [2.05, 4.69) is 15.2 Å². The summed E-state index contributed by atoms with van der Waals surface area (Å²) in [5.74, 6) is 4.68. The quantitative estimate of drug-likeness (QED) is 0.918. The summed E-state index contributed by atoms with van der Waals surface area (Å²) in [4.78, 5) is 18.6. The van der Waals surface area contributed by atoms with Crippen LogP contribution in [0.3, 0.4) is 0 Å². The van der Waals surface area contributed by atoms with Gasteiger partial charge in [0.05, 0.1) is 0 Å². The molecule has 2 heterocycles. The number of anilines is 2. The molecule has 2 fully saturated rings. The molecule has 0 bridgehead atoms. The summed E-state index contributed by atoms with van der Waals surface area (Å²) in [7, 11) is 0. The lowest BCUT2D eigenvalue weighted by Crippen LogP contribution is -2.33. The van der Waals surface area contributed by atoms with Crippen LogP contribution in [0, 0.1) is 5.92 Å². The van der Waals surface area contributed by atoms with Crippen molar-refractivity contribution in [2.24, 2.45) is 5.92 Å². The molecule has 1 saturated carbocycles. The molecule has 1 amide bonds. The van der Waals surface area contributed by atoms with Crippen LogP contribution in [0.1, 0.15) is 19.3 Å². The van der Waals surface area contributed by atoms with Gasteiger partial charge in [-0.3, -0.25) is 4.79 Å². The second-order valence-electron chi connectivity index (χ2n) is 5.18. The number of rotatable bonds is 4. The van der Waals surface area contributed by atoms with Crippen LogP contribution in [0.2, 0.25) is 0 Å². The van der Waals surface area contributed by atoms with E-state index in [-0.39, 0.29) is 5.91 Å². The van der Waals surface area contributed by atoms with E-state index < -0.39 is 0 Å². The van der Waals surface area contributed by atoms with E-state index in [4.69, 9.17) is 0 Å². The number of thioether (sulfide) groups is 1. The number of nitrogens with zero attached hydrogens (tertiary/aromatic N) is 2. The van der Waals surface area contributed by atoms with E-state index in [1.165, 1.54) is 12.8 Å². The van der Waals surface area contributed by atoms with Crippen LogP contribution >= 0.6 is 11.8 Å². The molecule has 1 N–H and O–H groups in total. The Morgan fingerprint density at radius 3 is 2.89 bits per heavy atom. The van der Waals surface area contributed by atoms with Gasteiger partial charge in [0.2, 0.25) is 5.91 Å². The van der Waals surface area contributed by atoms with Crippen molar-refractivity contribution in [3.8, 4) is 0 Å². The van der Waals surface area contributed by atoms with Gasteiger partial charge in [-0.15, -0.1) is 0 Å². The predicted octanol–water partition coefficient (Wildman–Crippen LogP) is 2.37. The molecule has 1 aliphatic heterocycles. The van der Waals surface area contributed by atoms with Crippen LogP contribution in [0.15, 0.2) is 18.2 Å². The molecule has 1 aromatic heterocycles. The fourth-order valence-electron chi connectivity index (χ4n) is 2.24. The van der Waals surface area contributed by atoms with Crippen LogP contribution in [0.25, 0.3) is 0 Å². The SMILES string of the molecule is O=C(CC1CC1)Nc1cccc(N2CCSCC2)n1. The fourth-order valence-corrected chi connectivity index (χ4v) is 3.14. The third-order valence-corrected chi connectivity index (χ3v) is 4.45.